The van der Waals surface area contributed by atoms with Crippen LogP contribution >= 0.6 is 11.3 Å². The van der Waals surface area contributed by atoms with Gasteiger partial charge in [-0.1, -0.05) is 0 Å². The van der Waals surface area contributed by atoms with Crippen molar-refractivity contribution in [1.29, 1.82) is 0 Å². The lowest BCUT2D eigenvalue weighted by Crippen LogP contribution is -1.81. The van der Waals surface area contributed by atoms with Gasteiger partial charge in [0.15, 0.2) is 6.29 Å². The number of carbonyl (C=O) groups is 1. The maximum atomic E-state index is 10.7. The van der Waals surface area contributed by atoms with E-state index in [1.54, 1.807) is 6.07 Å². The predicted octanol–water partition coefficient (Wildman–Crippen LogP) is 2.12. The molecule has 0 radical (unpaired) electrons. The second-order valence-corrected chi connectivity index (χ2v) is 3.90. The number of fused-ring (bicyclic) bond motifs is 1. The van der Waals surface area contributed by atoms with Crippen molar-refractivity contribution in [1.82, 2.24) is 4.98 Å². The number of aryl methyl sites for hydroxylation is 1. The van der Waals surface area contributed by atoms with Crippen molar-refractivity contribution < 1.29 is 9.90 Å². The molecule has 13 heavy (non-hydrogen) atoms. The first-order valence-corrected chi connectivity index (χ1v) is 4.58. The molecule has 0 aliphatic carbocycles. The molecular formula is C9H7NO2S. The van der Waals surface area contributed by atoms with E-state index in [-0.39, 0.29) is 5.75 Å². The first kappa shape index (κ1) is 8.19. The predicted molar refractivity (Wildman–Crippen MR) is 51.4 cm³/mol. The lowest BCUT2D eigenvalue weighted by Gasteiger charge is -1.95. The Bertz CT molecular complexity index is 476. The number of aromatic nitrogens is 1. The van der Waals surface area contributed by atoms with Gasteiger partial charge < -0.3 is 5.11 Å². The zero-order valence-electron chi connectivity index (χ0n) is 6.94. The van der Waals surface area contributed by atoms with Gasteiger partial charge in [0, 0.05) is 0 Å². The van der Waals surface area contributed by atoms with Gasteiger partial charge in [-0.25, -0.2) is 4.98 Å². The lowest BCUT2D eigenvalue weighted by molar-refractivity contribution is 0.112. The van der Waals surface area contributed by atoms with Crippen molar-refractivity contribution in [2.75, 3.05) is 0 Å². The molecule has 3 nitrogen and oxygen atoms in total. The molecule has 0 aliphatic heterocycles. The zero-order chi connectivity index (χ0) is 9.42. The highest BCUT2D eigenvalue weighted by molar-refractivity contribution is 7.18. The fourth-order valence-corrected chi connectivity index (χ4v) is 2.15. The summed E-state index contributed by atoms with van der Waals surface area (Å²) in [5, 5.41) is 10.3. The Morgan fingerprint density at radius 1 is 1.54 bits per heavy atom. The van der Waals surface area contributed by atoms with Crippen molar-refractivity contribution >= 4 is 27.8 Å². The summed E-state index contributed by atoms with van der Waals surface area (Å²) in [5.74, 6) is 0.0196. The van der Waals surface area contributed by atoms with E-state index in [4.69, 9.17) is 0 Å². The number of rotatable bonds is 1. The smallest absolute Gasteiger partial charge is 0.155 e. The van der Waals surface area contributed by atoms with E-state index in [0.717, 1.165) is 15.2 Å². The Labute approximate surface area is 78.7 Å². The molecule has 2 aromatic rings. The molecule has 1 N–H and O–H groups in total. The topological polar surface area (TPSA) is 50.2 Å². The molecule has 1 heterocycles. The molecule has 4 heteroatoms. The number of nitrogens with zero attached hydrogens (tertiary/aromatic N) is 1. The van der Waals surface area contributed by atoms with Crippen LogP contribution in [0, 0.1) is 6.92 Å². The van der Waals surface area contributed by atoms with Gasteiger partial charge >= 0.3 is 0 Å². The highest BCUT2D eigenvalue weighted by atomic mass is 32.1. The van der Waals surface area contributed by atoms with Gasteiger partial charge in [0.05, 0.1) is 20.8 Å². The van der Waals surface area contributed by atoms with Gasteiger partial charge in [0.25, 0.3) is 0 Å². The molecule has 66 valence electrons. The Morgan fingerprint density at radius 3 is 3.00 bits per heavy atom. The standard InChI is InChI=1S/C9H7NO2S/c1-5-10-7-2-3-8(12)6(4-11)9(7)13-5/h2-4,12H,1H3. The molecule has 0 unspecified atom stereocenters. The minimum Gasteiger partial charge on any atom is -0.507 e. The minimum absolute atomic E-state index is 0.0196. The molecule has 2 rings (SSSR count). The van der Waals surface area contributed by atoms with Gasteiger partial charge in [-0.2, -0.15) is 0 Å². The first-order chi connectivity index (χ1) is 6.22. The van der Waals surface area contributed by atoms with Crippen LogP contribution in [-0.2, 0) is 0 Å². The van der Waals surface area contributed by atoms with Gasteiger partial charge in [-0.3, -0.25) is 4.79 Å². The van der Waals surface area contributed by atoms with Crippen LogP contribution in [-0.4, -0.2) is 16.4 Å². The summed E-state index contributed by atoms with van der Waals surface area (Å²) in [6.07, 6.45) is 0.662. The summed E-state index contributed by atoms with van der Waals surface area (Å²) in [6.45, 7) is 1.87. The molecule has 0 spiro atoms. The van der Waals surface area contributed by atoms with Crippen LogP contribution in [0.2, 0.25) is 0 Å². The summed E-state index contributed by atoms with van der Waals surface area (Å²) < 4.78 is 0.757. The van der Waals surface area contributed by atoms with E-state index in [0.29, 0.717) is 11.8 Å². The molecule has 0 amide bonds. The molecule has 0 aliphatic rings. The third-order valence-corrected chi connectivity index (χ3v) is 2.82. The Morgan fingerprint density at radius 2 is 2.31 bits per heavy atom. The number of phenols is 1. The van der Waals surface area contributed by atoms with Crippen LogP contribution in [0.25, 0.3) is 10.2 Å². The quantitative estimate of drug-likeness (QED) is 0.706. The largest absolute Gasteiger partial charge is 0.507 e. The molecule has 0 fully saturated rings. The van der Waals surface area contributed by atoms with Crippen LogP contribution in [0.3, 0.4) is 0 Å². The Kier molecular flexibility index (Phi) is 1.77. The minimum atomic E-state index is 0.0196. The van der Waals surface area contributed by atoms with E-state index in [9.17, 15) is 9.90 Å². The maximum Gasteiger partial charge on any atom is 0.155 e. The van der Waals surface area contributed by atoms with Crippen LogP contribution < -0.4 is 0 Å². The van der Waals surface area contributed by atoms with Crippen molar-refractivity contribution in [3.63, 3.8) is 0 Å². The van der Waals surface area contributed by atoms with Crippen LogP contribution in [0.5, 0.6) is 5.75 Å². The monoisotopic (exact) mass is 193 g/mol. The van der Waals surface area contributed by atoms with Gasteiger partial charge in [0.2, 0.25) is 0 Å². The van der Waals surface area contributed by atoms with E-state index in [1.807, 2.05) is 6.92 Å². The number of thiazole rings is 1. The highest BCUT2D eigenvalue weighted by Crippen LogP contribution is 2.29. The second kappa shape index (κ2) is 2.81. The van der Waals surface area contributed by atoms with E-state index in [2.05, 4.69) is 4.98 Å². The molecule has 0 bridgehead atoms. The first-order valence-electron chi connectivity index (χ1n) is 3.76. The van der Waals surface area contributed by atoms with Crippen LogP contribution in [0.15, 0.2) is 12.1 Å². The maximum absolute atomic E-state index is 10.7. The molecule has 0 atom stereocenters. The van der Waals surface area contributed by atoms with Gasteiger partial charge in [-0.05, 0) is 19.1 Å². The van der Waals surface area contributed by atoms with E-state index in [1.165, 1.54) is 17.4 Å². The third-order valence-electron chi connectivity index (χ3n) is 1.80. The average Bonchev–Trinajstić information content (AvgIpc) is 2.45. The van der Waals surface area contributed by atoms with Crippen molar-refractivity contribution in [2.24, 2.45) is 0 Å². The number of carbonyl (C=O) groups excluding carboxylic acids is 1. The summed E-state index contributed by atoms with van der Waals surface area (Å²) in [4.78, 5) is 14.9. The SMILES string of the molecule is Cc1nc2ccc(O)c(C=O)c2s1. The molecule has 1 aromatic heterocycles. The van der Waals surface area contributed by atoms with E-state index < -0.39 is 0 Å². The molecule has 1 aromatic carbocycles. The highest BCUT2D eigenvalue weighted by Gasteiger charge is 2.09. The number of benzene rings is 1. The van der Waals surface area contributed by atoms with Gasteiger partial charge in [-0.15, -0.1) is 11.3 Å². The van der Waals surface area contributed by atoms with Crippen LogP contribution in [0.4, 0.5) is 0 Å². The molecule has 0 saturated heterocycles. The van der Waals surface area contributed by atoms with E-state index >= 15 is 0 Å². The second-order valence-electron chi connectivity index (χ2n) is 2.70. The van der Waals surface area contributed by atoms with Gasteiger partial charge in [0.1, 0.15) is 5.75 Å². The van der Waals surface area contributed by atoms with Crippen molar-refractivity contribution in [2.45, 2.75) is 6.92 Å². The number of hydrogen-bond acceptors (Lipinski definition) is 4. The number of aromatic hydroxyl groups is 1. The number of hydrogen-bond donors (Lipinski definition) is 1. The summed E-state index contributed by atoms with van der Waals surface area (Å²) in [7, 11) is 0. The number of phenolic OH excluding ortho intramolecular Hbond substituents is 1. The zero-order valence-corrected chi connectivity index (χ0v) is 7.76. The lowest BCUT2D eigenvalue weighted by atomic mass is 10.2. The summed E-state index contributed by atoms with van der Waals surface area (Å²) >= 11 is 1.42. The third kappa shape index (κ3) is 1.19. The molecular weight excluding hydrogens is 186 g/mol. The summed E-state index contributed by atoms with van der Waals surface area (Å²) in [6, 6.07) is 3.20. The Hall–Kier alpha value is -1.42. The summed E-state index contributed by atoms with van der Waals surface area (Å²) in [5.41, 5.74) is 1.10. The normalized spacial score (nSPS) is 10.5. The van der Waals surface area contributed by atoms with Crippen molar-refractivity contribution in [3.05, 3.63) is 22.7 Å². The Balaban J connectivity index is 2.90. The average molecular weight is 193 g/mol. The van der Waals surface area contributed by atoms with Crippen molar-refractivity contribution in [3.8, 4) is 5.75 Å². The number of aldehydes is 1. The molecule has 0 saturated carbocycles. The fourth-order valence-electron chi connectivity index (χ4n) is 1.23. The fraction of sp³-hybridized carbons (Fsp3) is 0.111. The van der Waals surface area contributed by atoms with Crippen LogP contribution in [0.1, 0.15) is 15.4 Å².